The van der Waals surface area contributed by atoms with Crippen LogP contribution in [0.5, 0.6) is 0 Å². The summed E-state index contributed by atoms with van der Waals surface area (Å²) in [6.45, 7) is 0.625. The van der Waals surface area contributed by atoms with Gasteiger partial charge in [0.2, 0.25) is 0 Å². The third-order valence-corrected chi connectivity index (χ3v) is 1.54. The monoisotopic (exact) mass is 147 g/mol. The van der Waals surface area contributed by atoms with E-state index < -0.39 is 9.28 Å². The van der Waals surface area contributed by atoms with E-state index in [9.17, 15) is 0 Å². The van der Waals surface area contributed by atoms with E-state index in [1.807, 2.05) is 6.08 Å². The molecule has 9 heavy (non-hydrogen) atoms. The molecule has 3 nitrogen and oxygen atoms in total. The average Bonchev–Trinajstić information content (AvgIpc) is 1.80. The molecule has 0 aliphatic rings. The predicted octanol–water partition coefficient (Wildman–Crippen LogP) is -0.903. The summed E-state index contributed by atoms with van der Waals surface area (Å²) in [5.74, 6) is 0. The highest BCUT2D eigenvalue weighted by Gasteiger charge is 1.94. The SMILES string of the molecule is NCCC=CC[SiH](O)O. The predicted molar refractivity (Wildman–Crippen MR) is 39.2 cm³/mol. The summed E-state index contributed by atoms with van der Waals surface area (Å²) in [5, 5.41) is 0. The van der Waals surface area contributed by atoms with E-state index in [0.29, 0.717) is 12.6 Å². The molecule has 4 heteroatoms. The number of hydrogen-bond acceptors (Lipinski definition) is 3. The van der Waals surface area contributed by atoms with Crippen LogP contribution in [0.1, 0.15) is 6.42 Å². The molecule has 0 atom stereocenters. The summed E-state index contributed by atoms with van der Waals surface area (Å²) in [5.41, 5.74) is 5.18. The third-order valence-electron chi connectivity index (χ3n) is 0.847. The summed E-state index contributed by atoms with van der Waals surface area (Å²) >= 11 is 0. The summed E-state index contributed by atoms with van der Waals surface area (Å²) in [6, 6.07) is 0.431. The van der Waals surface area contributed by atoms with E-state index in [-0.39, 0.29) is 0 Å². The normalized spacial score (nSPS) is 11.6. The first-order chi connectivity index (χ1) is 4.27. The Morgan fingerprint density at radius 2 is 2.00 bits per heavy atom. The van der Waals surface area contributed by atoms with Gasteiger partial charge in [-0.25, -0.2) is 0 Å². The highest BCUT2D eigenvalue weighted by molar-refractivity contribution is 6.41. The van der Waals surface area contributed by atoms with Crippen molar-refractivity contribution < 1.29 is 9.59 Å². The second kappa shape index (κ2) is 5.96. The maximum Gasteiger partial charge on any atom is 0.319 e. The Morgan fingerprint density at radius 1 is 1.33 bits per heavy atom. The van der Waals surface area contributed by atoms with E-state index in [1.54, 1.807) is 6.08 Å². The van der Waals surface area contributed by atoms with Crippen molar-refractivity contribution in [1.29, 1.82) is 0 Å². The second-order valence-corrected chi connectivity index (χ2v) is 3.20. The van der Waals surface area contributed by atoms with E-state index in [0.717, 1.165) is 6.42 Å². The lowest BCUT2D eigenvalue weighted by Gasteiger charge is -1.91. The van der Waals surface area contributed by atoms with Crippen molar-refractivity contribution >= 4 is 9.28 Å². The first-order valence-corrected chi connectivity index (χ1v) is 4.83. The van der Waals surface area contributed by atoms with Crippen LogP contribution in [-0.4, -0.2) is 25.4 Å². The zero-order valence-electron chi connectivity index (χ0n) is 5.33. The lowest BCUT2D eigenvalue weighted by molar-refractivity contribution is 0.411. The van der Waals surface area contributed by atoms with Gasteiger partial charge in [-0.15, -0.1) is 0 Å². The van der Waals surface area contributed by atoms with E-state index in [2.05, 4.69) is 0 Å². The third kappa shape index (κ3) is 7.84. The van der Waals surface area contributed by atoms with E-state index in [4.69, 9.17) is 15.3 Å². The Hall–Kier alpha value is -0.163. The van der Waals surface area contributed by atoms with Crippen LogP contribution < -0.4 is 5.73 Å². The lowest BCUT2D eigenvalue weighted by atomic mass is 10.4. The minimum atomic E-state index is -2.34. The molecule has 0 rings (SSSR count). The second-order valence-electron chi connectivity index (χ2n) is 1.77. The largest absolute Gasteiger partial charge is 0.413 e. The molecule has 54 valence electrons. The maximum atomic E-state index is 8.46. The molecule has 4 N–H and O–H groups in total. The van der Waals surface area contributed by atoms with Gasteiger partial charge in [0, 0.05) is 6.04 Å². The van der Waals surface area contributed by atoms with Gasteiger partial charge in [0.25, 0.3) is 0 Å². The van der Waals surface area contributed by atoms with Gasteiger partial charge in [0.15, 0.2) is 0 Å². The van der Waals surface area contributed by atoms with Crippen molar-refractivity contribution in [3.05, 3.63) is 12.2 Å². The van der Waals surface area contributed by atoms with Crippen LogP contribution in [0.2, 0.25) is 6.04 Å². The molecule has 0 saturated heterocycles. The minimum Gasteiger partial charge on any atom is -0.413 e. The Balaban J connectivity index is 3.04. The molecule has 0 radical (unpaired) electrons. The van der Waals surface area contributed by atoms with Gasteiger partial charge in [-0.1, -0.05) is 12.2 Å². The molecule has 0 aliphatic heterocycles. The molecule has 0 aromatic carbocycles. The Labute approximate surface area is 56.7 Å². The zero-order valence-corrected chi connectivity index (χ0v) is 6.48. The topological polar surface area (TPSA) is 66.5 Å². The number of rotatable bonds is 4. The summed E-state index contributed by atoms with van der Waals surface area (Å²) in [7, 11) is -2.34. The van der Waals surface area contributed by atoms with Gasteiger partial charge >= 0.3 is 9.28 Å². The number of allylic oxidation sites excluding steroid dienone is 1. The lowest BCUT2D eigenvalue weighted by Crippen LogP contribution is -2.07. The molecular weight excluding hydrogens is 134 g/mol. The molecule has 0 saturated carbocycles. The average molecular weight is 147 g/mol. The fraction of sp³-hybridized carbons (Fsp3) is 0.600. The Bertz CT molecular complexity index is 85.0. The Kier molecular flexibility index (Phi) is 5.86. The van der Waals surface area contributed by atoms with Gasteiger partial charge in [0.05, 0.1) is 0 Å². The van der Waals surface area contributed by atoms with Crippen LogP contribution >= 0.6 is 0 Å². The molecule has 0 spiro atoms. The zero-order chi connectivity index (χ0) is 7.11. The van der Waals surface area contributed by atoms with Crippen LogP contribution in [0.4, 0.5) is 0 Å². The van der Waals surface area contributed by atoms with Crippen LogP contribution in [-0.2, 0) is 0 Å². The van der Waals surface area contributed by atoms with Crippen molar-refractivity contribution in [3.63, 3.8) is 0 Å². The smallest absolute Gasteiger partial charge is 0.319 e. The van der Waals surface area contributed by atoms with Gasteiger partial charge in [-0.3, -0.25) is 0 Å². The van der Waals surface area contributed by atoms with Gasteiger partial charge in [0.1, 0.15) is 0 Å². The minimum absolute atomic E-state index is 0.431. The molecule has 0 aromatic heterocycles. The first-order valence-electron chi connectivity index (χ1n) is 2.98. The van der Waals surface area contributed by atoms with Crippen LogP contribution in [0, 0.1) is 0 Å². The maximum absolute atomic E-state index is 8.46. The number of hydrogen-bond donors (Lipinski definition) is 3. The molecule has 0 aromatic rings. The highest BCUT2D eigenvalue weighted by Crippen LogP contribution is 1.87. The molecule has 0 unspecified atom stereocenters. The van der Waals surface area contributed by atoms with Gasteiger partial charge < -0.3 is 15.3 Å². The molecule has 0 fully saturated rings. The molecule has 0 heterocycles. The molecule has 0 amide bonds. The van der Waals surface area contributed by atoms with Crippen molar-refractivity contribution in [2.45, 2.75) is 12.5 Å². The van der Waals surface area contributed by atoms with Crippen LogP contribution in [0.25, 0.3) is 0 Å². The molecular formula is C5H13NO2Si. The quantitative estimate of drug-likeness (QED) is 0.356. The standard InChI is InChI=1S/C5H13NO2Si/c6-4-2-1-3-5-9(7)8/h1,3,7-9H,2,4-6H2. The first kappa shape index (κ1) is 8.84. The Morgan fingerprint density at radius 3 is 2.44 bits per heavy atom. The van der Waals surface area contributed by atoms with E-state index in [1.165, 1.54) is 0 Å². The van der Waals surface area contributed by atoms with Crippen LogP contribution in [0.3, 0.4) is 0 Å². The van der Waals surface area contributed by atoms with Crippen molar-refractivity contribution in [1.82, 2.24) is 0 Å². The highest BCUT2D eigenvalue weighted by atomic mass is 28.3. The van der Waals surface area contributed by atoms with Crippen molar-refractivity contribution in [3.8, 4) is 0 Å². The summed E-state index contributed by atoms with van der Waals surface area (Å²) in [4.78, 5) is 16.9. The van der Waals surface area contributed by atoms with Crippen molar-refractivity contribution in [2.24, 2.45) is 5.73 Å². The van der Waals surface area contributed by atoms with Crippen LogP contribution in [0.15, 0.2) is 12.2 Å². The fourth-order valence-electron chi connectivity index (χ4n) is 0.432. The fourth-order valence-corrected chi connectivity index (χ4v) is 0.868. The van der Waals surface area contributed by atoms with Gasteiger partial charge in [-0.05, 0) is 13.0 Å². The number of nitrogens with two attached hydrogens (primary N) is 1. The van der Waals surface area contributed by atoms with Crippen molar-refractivity contribution in [2.75, 3.05) is 6.54 Å². The summed E-state index contributed by atoms with van der Waals surface area (Å²) in [6.07, 6.45) is 4.46. The van der Waals surface area contributed by atoms with E-state index >= 15 is 0 Å². The van der Waals surface area contributed by atoms with Gasteiger partial charge in [-0.2, -0.15) is 0 Å². The molecule has 0 bridgehead atoms. The molecule has 0 aliphatic carbocycles. The summed E-state index contributed by atoms with van der Waals surface area (Å²) < 4.78 is 0.